The van der Waals surface area contributed by atoms with Crippen LogP contribution < -0.4 is 10.1 Å². The van der Waals surface area contributed by atoms with E-state index in [1.54, 1.807) is 0 Å². The van der Waals surface area contributed by atoms with E-state index in [4.69, 9.17) is 9.47 Å². The lowest BCUT2D eigenvalue weighted by Gasteiger charge is -2.11. The summed E-state index contributed by atoms with van der Waals surface area (Å²) in [6, 6.07) is 8.05. The van der Waals surface area contributed by atoms with Crippen molar-refractivity contribution in [2.45, 2.75) is 26.3 Å². The van der Waals surface area contributed by atoms with Crippen LogP contribution in [0.5, 0.6) is 5.75 Å². The summed E-state index contributed by atoms with van der Waals surface area (Å²) in [5.41, 5.74) is 1.17. The second-order valence-electron chi connectivity index (χ2n) is 5.38. The first-order valence-corrected chi connectivity index (χ1v) is 7.84. The second kappa shape index (κ2) is 11.0. The predicted molar refractivity (Wildman–Crippen MR) is 88.1 cm³/mol. The Kier molecular flexibility index (Phi) is 9.26. The van der Waals surface area contributed by atoms with Crippen molar-refractivity contribution in [3.8, 4) is 5.75 Å². The van der Waals surface area contributed by atoms with Gasteiger partial charge in [0.2, 0.25) is 0 Å². The summed E-state index contributed by atoms with van der Waals surface area (Å²) < 4.78 is 10.6. The van der Waals surface area contributed by atoms with Crippen LogP contribution in [0.1, 0.15) is 25.3 Å². The molecule has 0 aromatic heterocycles. The maximum absolute atomic E-state index is 11.2. The molecule has 0 radical (unpaired) electrons. The number of nitrogens with zero attached hydrogens (tertiary/aromatic N) is 1. The van der Waals surface area contributed by atoms with Crippen molar-refractivity contribution < 1.29 is 14.3 Å². The van der Waals surface area contributed by atoms with Crippen molar-refractivity contribution in [2.75, 3.05) is 40.4 Å². The van der Waals surface area contributed by atoms with E-state index in [2.05, 4.69) is 24.3 Å². The highest BCUT2D eigenvalue weighted by atomic mass is 16.5. The zero-order valence-electron chi connectivity index (χ0n) is 13.9. The number of esters is 1. The van der Waals surface area contributed by atoms with Gasteiger partial charge in [0.25, 0.3) is 0 Å². The minimum atomic E-state index is -0.156. The predicted octanol–water partition coefficient (Wildman–Crippen LogP) is 2.06. The minimum Gasteiger partial charge on any atom is -0.494 e. The fourth-order valence-corrected chi connectivity index (χ4v) is 1.93. The Labute approximate surface area is 133 Å². The van der Waals surface area contributed by atoms with E-state index >= 15 is 0 Å². The van der Waals surface area contributed by atoms with Crippen LogP contribution in [0, 0.1) is 0 Å². The topological polar surface area (TPSA) is 50.8 Å². The van der Waals surface area contributed by atoms with Gasteiger partial charge in [0.15, 0.2) is 0 Å². The van der Waals surface area contributed by atoms with Gasteiger partial charge < -0.3 is 19.7 Å². The van der Waals surface area contributed by atoms with E-state index in [1.165, 1.54) is 5.56 Å². The van der Waals surface area contributed by atoms with Crippen LogP contribution in [0.4, 0.5) is 0 Å². The van der Waals surface area contributed by atoms with Crippen LogP contribution in [-0.2, 0) is 16.1 Å². The third-order valence-electron chi connectivity index (χ3n) is 3.08. The molecule has 0 aliphatic rings. The average molecular weight is 308 g/mol. The van der Waals surface area contributed by atoms with Crippen molar-refractivity contribution >= 4 is 5.97 Å². The number of nitrogens with one attached hydrogen (secondary N) is 1. The Bertz CT molecular complexity index is 418. The maximum atomic E-state index is 11.2. The van der Waals surface area contributed by atoms with Gasteiger partial charge in [-0.2, -0.15) is 0 Å². The Hall–Kier alpha value is -1.59. The molecule has 5 heteroatoms. The number of carbonyl (C=O) groups is 1. The van der Waals surface area contributed by atoms with Crippen molar-refractivity contribution in [1.82, 2.24) is 10.2 Å². The number of carbonyl (C=O) groups excluding carboxylic acids is 1. The zero-order valence-corrected chi connectivity index (χ0v) is 13.9. The fourth-order valence-electron chi connectivity index (χ4n) is 1.93. The van der Waals surface area contributed by atoms with Crippen LogP contribution in [0.3, 0.4) is 0 Å². The summed E-state index contributed by atoms with van der Waals surface area (Å²) in [6.07, 6.45) is 1.42. The second-order valence-corrected chi connectivity index (χ2v) is 5.38. The van der Waals surface area contributed by atoms with Gasteiger partial charge in [-0.25, -0.2) is 0 Å². The molecule has 0 saturated carbocycles. The summed E-state index contributed by atoms with van der Waals surface area (Å²) in [6.45, 7) is 5.38. The molecule has 0 unspecified atom stereocenters. The van der Waals surface area contributed by atoms with Crippen LogP contribution in [-0.4, -0.2) is 51.3 Å². The first-order valence-electron chi connectivity index (χ1n) is 7.84. The largest absolute Gasteiger partial charge is 0.494 e. The monoisotopic (exact) mass is 308 g/mol. The molecule has 124 valence electrons. The summed E-state index contributed by atoms with van der Waals surface area (Å²) >= 11 is 0. The lowest BCUT2D eigenvalue weighted by Crippen LogP contribution is -2.19. The van der Waals surface area contributed by atoms with Gasteiger partial charge in [-0.05, 0) is 45.1 Å². The molecule has 0 amide bonds. The maximum Gasteiger partial charge on any atom is 0.307 e. The molecule has 0 saturated heterocycles. The van der Waals surface area contributed by atoms with Crippen molar-refractivity contribution in [2.24, 2.45) is 0 Å². The molecule has 1 rings (SSSR count). The van der Waals surface area contributed by atoms with E-state index in [0.717, 1.165) is 31.9 Å². The van der Waals surface area contributed by atoms with Crippen molar-refractivity contribution in [3.63, 3.8) is 0 Å². The molecule has 0 spiro atoms. The molecule has 0 bridgehead atoms. The Morgan fingerprint density at radius 2 is 1.95 bits per heavy atom. The lowest BCUT2D eigenvalue weighted by atomic mass is 10.2. The van der Waals surface area contributed by atoms with E-state index in [1.807, 2.05) is 31.2 Å². The van der Waals surface area contributed by atoms with Gasteiger partial charge in [0, 0.05) is 19.6 Å². The smallest absolute Gasteiger partial charge is 0.307 e. The van der Waals surface area contributed by atoms with E-state index in [9.17, 15) is 4.79 Å². The highest BCUT2D eigenvalue weighted by Crippen LogP contribution is 2.12. The molecule has 0 heterocycles. The molecule has 1 aromatic rings. The zero-order chi connectivity index (χ0) is 16.2. The third kappa shape index (κ3) is 8.64. The van der Waals surface area contributed by atoms with Crippen LogP contribution in [0.15, 0.2) is 24.3 Å². The first kappa shape index (κ1) is 18.5. The summed E-state index contributed by atoms with van der Waals surface area (Å²) in [7, 11) is 4.12. The Morgan fingerprint density at radius 3 is 2.59 bits per heavy atom. The van der Waals surface area contributed by atoms with E-state index < -0.39 is 0 Å². The van der Waals surface area contributed by atoms with Crippen molar-refractivity contribution in [3.05, 3.63) is 29.8 Å². The molecule has 1 N–H and O–H groups in total. The highest BCUT2D eigenvalue weighted by Gasteiger charge is 2.01. The molecule has 0 aliphatic carbocycles. The molecular formula is C17H28N2O3. The normalized spacial score (nSPS) is 10.7. The summed E-state index contributed by atoms with van der Waals surface area (Å²) in [5, 5.41) is 3.23. The average Bonchev–Trinajstić information content (AvgIpc) is 2.49. The van der Waals surface area contributed by atoms with Gasteiger partial charge in [-0.1, -0.05) is 12.1 Å². The molecule has 22 heavy (non-hydrogen) atoms. The highest BCUT2D eigenvalue weighted by molar-refractivity contribution is 5.69. The quantitative estimate of drug-likeness (QED) is 0.501. The number of rotatable bonds is 11. The van der Waals surface area contributed by atoms with E-state index in [0.29, 0.717) is 19.6 Å². The molecule has 0 aliphatic heterocycles. The summed E-state index contributed by atoms with van der Waals surface area (Å²) in [4.78, 5) is 13.3. The Balaban J connectivity index is 2.17. The van der Waals surface area contributed by atoms with Gasteiger partial charge >= 0.3 is 5.97 Å². The molecule has 1 aromatic carbocycles. The van der Waals surface area contributed by atoms with Gasteiger partial charge in [-0.15, -0.1) is 0 Å². The first-order chi connectivity index (χ1) is 10.6. The number of benzene rings is 1. The van der Waals surface area contributed by atoms with Crippen molar-refractivity contribution in [1.29, 1.82) is 0 Å². The fraction of sp³-hybridized carbons (Fsp3) is 0.588. The van der Waals surface area contributed by atoms with Gasteiger partial charge in [-0.3, -0.25) is 4.79 Å². The lowest BCUT2D eigenvalue weighted by molar-refractivity contribution is -0.142. The van der Waals surface area contributed by atoms with Gasteiger partial charge in [0.1, 0.15) is 5.75 Å². The standard InChI is InChI=1S/C17H28N2O3/c1-4-21-17(20)10-11-18-14-15-6-8-16(9-7-15)22-13-5-12-19(2)3/h6-9,18H,4-5,10-14H2,1-3H3. The molecule has 5 nitrogen and oxygen atoms in total. The number of hydrogen-bond donors (Lipinski definition) is 1. The SMILES string of the molecule is CCOC(=O)CCNCc1ccc(OCCCN(C)C)cc1. The Morgan fingerprint density at radius 1 is 1.23 bits per heavy atom. The molecular weight excluding hydrogens is 280 g/mol. The third-order valence-corrected chi connectivity index (χ3v) is 3.08. The van der Waals surface area contributed by atoms with E-state index in [-0.39, 0.29) is 5.97 Å². The van der Waals surface area contributed by atoms with Crippen LogP contribution >= 0.6 is 0 Å². The van der Waals surface area contributed by atoms with Crippen LogP contribution in [0.25, 0.3) is 0 Å². The number of ether oxygens (including phenoxy) is 2. The minimum absolute atomic E-state index is 0.156. The molecule has 0 fully saturated rings. The summed E-state index contributed by atoms with van der Waals surface area (Å²) in [5.74, 6) is 0.741. The number of hydrogen-bond acceptors (Lipinski definition) is 5. The van der Waals surface area contributed by atoms with Gasteiger partial charge in [0.05, 0.1) is 19.6 Å². The van der Waals surface area contributed by atoms with Crippen LogP contribution in [0.2, 0.25) is 0 Å². The molecule has 0 atom stereocenters.